The first kappa shape index (κ1) is 24.7. The average molecular weight is 507 g/mol. The molecule has 4 heterocycles. The Labute approximate surface area is 213 Å². The van der Waals surface area contributed by atoms with Crippen molar-refractivity contribution in [2.45, 2.75) is 52.2 Å². The molecule has 1 aliphatic heterocycles. The van der Waals surface area contributed by atoms with Crippen LogP contribution in [0.3, 0.4) is 0 Å². The predicted molar refractivity (Wildman–Crippen MR) is 141 cm³/mol. The summed E-state index contributed by atoms with van der Waals surface area (Å²) in [7, 11) is 1.75. The molecule has 1 aliphatic rings. The van der Waals surface area contributed by atoms with E-state index in [1.165, 1.54) is 6.07 Å². The summed E-state index contributed by atoms with van der Waals surface area (Å²) < 4.78 is 23.5. The molecule has 9 nitrogen and oxygen atoms in total. The highest BCUT2D eigenvalue weighted by Gasteiger charge is 2.28. The number of carbonyl (C=O) groups excluding carboxylic acids is 1. The van der Waals surface area contributed by atoms with Gasteiger partial charge in [-0.25, -0.2) is 19.2 Å². The minimum absolute atomic E-state index is 0.0755. The largest absolute Gasteiger partial charge is 0.444 e. The molecule has 3 aromatic heterocycles. The number of aromatic nitrogens is 4. The first-order valence-electron chi connectivity index (χ1n) is 12.4. The fourth-order valence-electron chi connectivity index (χ4n) is 4.87. The third-order valence-corrected chi connectivity index (χ3v) is 6.63. The summed E-state index contributed by atoms with van der Waals surface area (Å²) in [6.45, 7) is 8.35. The number of hydrogen-bond donors (Lipinski definition) is 1. The smallest absolute Gasteiger partial charge is 0.410 e. The third-order valence-electron chi connectivity index (χ3n) is 6.63. The molecule has 37 heavy (non-hydrogen) atoms. The Morgan fingerprint density at radius 2 is 1.86 bits per heavy atom. The minimum Gasteiger partial charge on any atom is -0.444 e. The molecule has 5 rings (SSSR count). The number of nitrogens with one attached hydrogen (secondary N) is 1. The number of likely N-dealkylation sites (tertiary alicyclic amines) is 1. The molecular formula is C27H31FN6O3. The standard InChI is InChI=1S/C27H31FN6O3/c1-16-13-33-14-18(10-20(28)24(33)31-16)17-11-21(29-5)23-22(12-17)30-15-34(25(23)35)19-6-8-32(9-7-19)26(36)37-27(2,3)4/h10-15,19,29H,6-9H2,1-5H3. The SMILES string of the molecule is CNc1cc(-c2cc(F)c3nc(C)cn3c2)cc2ncn(C3CCN(C(=O)OC(C)(C)C)CC3)c(=O)c12. The average Bonchev–Trinajstić information content (AvgIpc) is 3.23. The van der Waals surface area contributed by atoms with Crippen molar-refractivity contribution in [2.24, 2.45) is 0 Å². The molecule has 0 bridgehead atoms. The summed E-state index contributed by atoms with van der Waals surface area (Å²) in [6, 6.07) is 5.01. The lowest BCUT2D eigenvalue weighted by Crippen LogP contribution is -2.43. The van der Waals surface area contributed by atoms with Crippen molar-refractivity contribution >= 4 is 28.3 Å². The van der Waals surface area contributed by atoms with E-state index in [4.69, 9.17) is 4.74 Å². The number of anilines is 1. The molecular weight excluding hydrogens is 475 g/mol. The zero-order chi connectivity index (χ0) is 26.5. The second kappa shape index (κ2) is 9.17. The monoisotopic (exact) mass is 506 g/mol. The second-order valence-electron chi connectivity index (χ2n) is 10.5. The maximum atomic E-state index is 14.7. The molecule has 0 aliphatic carbocycles. The van der Waals surface area contributed by atoms with Crippen LogP contribution in [-0.4, -0.2) is 55.7 Å². The number of aryl methyl sites for hydroxylation is 1. The summed E-state index contributed by atoms with van der Waals surface area (Å²) in [6.07, 6.45) is 6.09. The number of imidazole rings is 1. The van der Waals surface area contributed by atoms with Gasteiger partial charge in [-0.05, 0) is 64.3 Å². The normalized spacial score (nSPS) is 14.9. The summed E-state index contributed by atoms with van der Waals surface area (Å²) in [5.74, 6) is -0.419. The van der Waals surface area contributed by atoms with Gasteiger partial charge in [0.1, 0.15) is 5.60 Å². The lowest BCUT2D eigenvalue weighted by Gasteiger charge is -2.34. The van der Waals surface area contributed by atoms with E-state index in [-0.39, 0.29) is 23.3 Å². The van der Waals surface area contributed by atoms with Crippen LogP contribution in [0.25, 0.3) is 27.7 Å². The van der Waals surface area contributed by atoms with Crippen molar-refractivity contribution in [3.8, 4) is 11.1 Å². The first-order valence-corrected chi connectivity index (χ1v) is 12.4. The number of rotatable bonds is 3. The first-order chi connectivity index (χ1) is 17.5. The second-order valence-corrected chi connectivity index (χ2v) is 10.5. The topological polar surface area (TPSA) is 93.8 Å². The van der Waals surface area contributed by atoms with E-state index in [1.807, 2.05) is 40.0 Å². The molecule has 0 spiro atoms. The summed E-state index contributed by atoms with van der Waals surface area (Å²) in [5.41, 5.74) is 2.83. The van der Waals surface area contributed by atoms with Crippen molar-refractivity contribution < 1.29 is 13.9 Å². The fourth-order valence-corrected chi connectivity index (χ4v) is 4.87. The van der Waals surface area contributed by atoms with Gasteiger partial charge in [0.15, 0.2) is 11.5 Å². The molecule has 1 saturated heterocycles. The van der Waals surface area contributed by atoms with Gasteiger partial charge < -0.3 is 19.4 Å². The van der Waals surface area contributed by atoms with E-state index in [2.05, 4.69) is 15.3 Å². The van der Waals surface area contributed by atoms with Gasteiger partial charge in [0, 0.05) is 49.8 Å². The molecule has 0 unspecified atom stereocenters. The van der Waals surface area contributed by atoms with Crippen LogP contribution >= 0.6 is 0 Å². The molecule has 1 amide bonds. The van der Waals surface area contributed by atoms with E-state index in [0.29, 0.717) is 48.1 Å². The summed E-state index contributed by atoms with van der Waals surface area (Å²) in [4.78, 5) is 36.5. The molecule has 194 valence electrons. The Hall–Kier alpha value is -3.95. The molecule has 0 radical (unpaired) electrons. The molecule has 0 saturated carbocycles. The van der Waals surface area contributed by atoms with Crippen molar-refractivity contribution in [3.63, 3.8) is 0 Å². The van der Waals surface area contributed by atoms with E-state index in [1.54, 1.807) is 39.5 Å². The van der Waals surface area contributed by atoms with Crippen LogP contribution in [-0.2, 0) is 4.74 Å². The molecule has 1 fully saturated rings. The number of halogens is 1. The highest BCUT2D eigenvalue weighted by molar-refractivity contribution is 5.95. The third kappa shape index (κ3) is 4.75. The Morgan fingerprint density at radius 1 is 1.14 bits per heavy atom. The zero-order valence-corrected chi connectivity index (χ0v) is 21.7. The van der Waals surface area contributed by atoms with Crippen molar-refractivity contribution in [1.82, 2.24) is 23.8 Å². The molecule has 0 atom stereocenters. The van der Waals surface area contributed by atoms with Gasteiger partial charge in [0.25, 0.3) is 5.56 Å². The van der Waals surface area contributed by atoms with Gasteiger partial charge in [0.05, 0.1) is 22.9 Å². The van der Waals surface area contributed by atoms with E-state index < -0.39 is 11.4 Å². The van der Waals surface area contributed by atoms with Crippen molar-refractivity contribution in [2.75, 3.05) is 25.5 Å². The van der Waals surface area contributed by atoms with Gasteiger partial charge >= 0.3 is 6.09 Å². The number of amides is 1. The molecule has 10 heteroatoms. The number of carbonyl (C=O) groups is 1. The number of nitrogens with zero attached hydrogens (tertiary/aromatic N) is 5. The number of piperidine rings is 1. The van der Waals surface area contributed by atoms with E-state index in [0.717, 1.165) is 11.3 Å². The van der Waals surface area contributed by atoms with Crippen LogP contribution in [0.1, 0.15) is 45.3 Å². The molecule has 4 aromatic rings. The quantitative estimate of drug-likeness (QED) is 0.430. The number of ether oxygens (including phenoxy) is 1. The van der Waals surface area contributed by atoms with Crippen molar-refractivity contribution in [3.05, 3.63) is 58.8 Å². The summed E-state index contributed by atoms with van der Waals surface area (Å²) in [5, 5.41) is 3.59. The Kier molecular flexibility index (Phi) is 6.13. The number of pyridine rings is 1. The van der Waals surface area contributed by atoms with Gasteiger partial charge in [-0.1, -0.05) is 0 Å². The highest BCUT2D eigenvalue weighted by Crippen LogP contribution is 2.30. The maximum absolute atomic E-state index is 14.7. The molecule has 1 N–H and O–H groups in total. The fraction of sp³-hybridized carbons (Fsp3) is 0.407. The van der Waals surface area contributed by atoms with Gasteiger partial charge in [-0.2, -0.15) is 0 Å². The Balaban J connectivity index is 1.46. The highest BCUT2D eigenvalue weighted by atomic mass is 19.1. The predicted octanol–water partition coefficient (Wildman–Crippen LogP) is 4.77. The van der Waals surface area contributed by atoms with Crippen LogP contribution in [0.5, 0.6) is 0 Å². The lowest BCUT2D eigenvalue weighted by molar-refractivity contribution is 0.0187. The van der Waals surface area contributed by atoms with Crippen LogP contribution in [0.2, 0.25) is 0 Å². The van der Waals surface area contributed by atoms with Crippen molar-refractivity contribution in [1.29, 1.82) is 0 Å². The van der Waals surface area contributed by atoms with E-state index in [9.17, 15) is 14.0 Å². The van der Waals surface area contributed by atoms with Crippen LogP contribution in [0.15, 0.2) is 41.7 Å². The van der Waals surface area contributed by atoms with Crippen LogP contribution in [0, 0.1) is 12.7 Å². The number of hydrogen-bond acceptors (Lipinski definition) is 6. The Bertz CT molecular complexity index is 1560. The molecule has 1 aromatic carbocycles. The Morgan fingerprint density at radius 3 is 2.54 bits per heavy atom. The minimum atomic E-state index is -0.551. The van der Waals surface area contributed by atoms with Gasteiger partial charge in [0.2, 0.25) is 0 Å². The van der Waals surface area contributed by atoms with Gasteiger partial charge in [-0.15, -0.1) is 0 Å². The van der Waals surface area contributed by atoms with E-state index >= 15 is 0 Å². The van der Waals surface area contributed by atoms with Crippen LogP contribution < -0.4 is 10.9 Å². The number of fused-ring (bicyclic) bond motifs is 2. The van der Waals surface area contributed by atoms with Gasteiger partial charge in [-0.3, -0.25) is 9.36 Å². The lowest BCUT2D eigenvalue weighted by atomic mass is 10.0. The number of benzene rings is 1. The van der Waals surface area contributed by atoms with Crippen LogP contribution in [0.4, 0.5) is 14.9 Å². The summed E-state index contributed by atoms with van der Waals surface area (Å²) >= 11 is 0. The zero-order valence-electron chi connectivity index (χ0n) is 21.7. The maximum Gasteiger partial charge on any atom is 0.410 e.